The van der Waals surface area contributed by atoms with E-state index in [1.54, 1.807) is 35.8 Å². The molecule has 1 aliphatic heterocycles. The van der Waals surface area contributed by atoms with Crippen LogP contribution >= 0.6 is 0 Å². The number of nitrogens with zero attached hydrogens (tertiary/aromatic N) is 5. The third-order valence-electron chi connectivity index (χ3n) is 5.71. The molecule has 10 nitrogen and oxygen atoms in total. The smallest absolute Gasteiger partial charge is 0.159 e. The van der Waals surface area contributed by atoms with Gasteiger partial charge in [-0.05, 0) is 36.8 Å². The largest absolute Gasteiger partial charge is 0.395 e. The monoisotopic (exact) mass is 452 g/mol. The van der Waals surface area contributed by atoms with Gasteiger partial charge in [-0.1, -0.05) is 0 Å². The fraction of sp³-hybridized carbons (Fsp3) is 0.391. The number of piperidine rings is 1. The predicted molar refractivity (Wildman–Crippen MR) is 121 cm³/mol. The van der Waals surface area contributed by atoms with Crippen LogP contribution in [0.2, 0.25) is 0 Å². The summed E-state index contributed by atoms with van der Waals surface area (Å²) < 4.78 is 0. The second-order valence-corrected chi connectivity index (χ2v) is 8.24. The molecule has 0 saturated carbocycles. The Morgan fingerprint density at radius 2 is 1.70 bits per heavy atom. The van der Waals surface area contributed by atoms with Gasteiger partial charge in [0.05, 0.1) is 49.1 Å². The molecule has 4 rings (SSSR count). The van der Waals surface area contributed by atoms with E-state index in [2.05, 4.69) is 25.3 Å². The highest BCUT2D eigenvalue weighted by Gasteiger charge is 2.41. The van der Waals surface area contributed by atoms with E-state index in [0.29, 0.717) is 18.1 Å². The fourth-order valence-electron chi connectivity index (χ4n) is 3.98. The van der Waals surface area contributed by atoms with Crippen molar-refractivity contribution in [2.45, 2.75) is 44.4 Å². The maximum atomic E-state index is 10.1. The first-order chi connectivity index (χ1) is 15.9. The minimum atomic E-state index is -1.28. The first-order valence-corrected chi connectivity index (χ1v) is 10.8. The number of aryl methyl sites for hydroxylation is 1. The standard InChI is InChI=1S/C23H28N6O4/c1-14-5-15(23-24-3-2-4-25-23)7-16(6-14)26-8-17-9-28-18(10-27-17)11-29-12-20(31)22(33)21(32)19(29)13-30/h2-7,9-10,19-22,26,30-33H,8,11-13H2,1H3. The number of hydrogen-bond acceptors (Lipinski definition) is 10. The minimum absolute atomic E-state index is 0.120. The number of likely N-dealkylation sites (tertiary alicyclic amines) is 1. The van der Waals surface area contributed by atoms with Crippen LogP contribution in [0, 0.1) is 6.92 Å². The number of anilines is 1. The second-order valence-electron chi connectivity index (χ2n) is 8.24. The molecule has 3 aromatic rings. The van der Waals surface area contributed by atoms with E-state index in [4.69, 9.17) is 0 Å². The Balaban J connectivity index is 1.39. The molecule has 174 valence electrons. The number of β-amino-alcohol motifs (C(OH)–C–C–N with tert-alkyl or cyclic N) is 1. The highest BCUT2D eigenvalue weighted by atomic mass is 16.4. The number of aliphatic hydroxyl groups is 4. The molecule has 0 aliphatic carbocycles. The third-order valence-corrected chi connectivity index (χ3v) is 5.71. The Labute approximate surface area is 191 Å². The average molecular weight is 453 g/mol. The third kappa shape index (κ3) is 5.49. The van der Waals surface area contributed by atoms with Crippen LogP contribution in [0.3, 0.4) is 0 Å². The highest BCUT2D eigenvalue weighted by molar-refractivity contribution is 5.64. The van der Waals surface area contributed by atoms with Gasteiger partial charge in [-0.3, -0.25) is 14.9 Å². The molecule has 0 radical (unpaired) electrons. The van der Waals surface area contributed by atoms with Gasteiger partial charge < -0.3 is 25.7 Å². The number of aromatic nitrogens is 4. The molecule has 4 unspecified atom stereocenters. The normalized spacial score (nSPS) is 23.4. The van der Waals surface area contributed by atoms with E-state index in [1.165, 1.54) is 0 Å². The van der Waals surface area contributed by atoms with Gasteiger partial charge >= 0.3 is 0 Å². The van der Waals surface area contributed by atoms with E-state index in [-0.39, 0.29) is 19.7 Å². The summed E-state index contributed by atoms with van der Waals surface area (Å²) in [6, 6.07) is 7.15. The SMILES string of the molecule is Cc1cc(NCc2cnc(CN3CC(O)C(O)C(O)C3CO)cn2)cc(-c2ncccn2)c1. The van der Waals surface area contributed by atoms with E-state index in [9.17, 15) is 20.4 Å². The molecule has 5 N–H and O–H groups in total. The van der Waals surface area contributed by atoms with E-state index < -0.39 is 24.4 Å². The number of benzene rings is 1. The van der Waals surface area contributed by atoms with Crippen LogP contribution in [-0.4, -0.2) is 82.8 Å². The maximum absolute atomic E-state index is 10.1. The number of nitrogens with one attached hydrogen (secondary N) is 1. The van der Waals surface area contributed by atoms with Crippen LogP contribution in [0.15, 0.2) is 49.1 Å². The van der Waals surface area contributed by atoms with Crippen LogP contribution in [0.25, 0.3) is 11.4 Å². The van der Waals surface area contributed by atoms with Gasteiger partial charge in [-0.2, -0.15) is 0 Å². The predicted octanol–water partition coefficient (Wildman–Crippen LogP) is 0.113. The maximum Gasteiger partial charge on any atom is 0.159 e. The first-order valence-electron chi connectivity index (χ1n) is 10.8. The first kappa shape index (κ1) is 23.1. The number of rotatable bonds is 7. The number of aliphatic hydroxyl groups excluding tert-OH is 4. The van der Waals surface area contributed by atoms with E-state index in [1.807, 2.05) is 25.1 Å². The molecule has 1 aliphatic rings. The molecular formula is C23H28N6O4. The van der Waals surface area contributed by atoms with Crippen molar-refractivity contribution < 1.29 is 20.4 Å². The molecule has 1 aromatic carbocycles. The summed E-state index contributed by atoms with van der Waals surface area (Å²) >= 11 is 0. The Hall–Kier alpha value is -3.02. The van der Waals surface area contributed by atoms with Gasteiger partial charge in [0.15, 0.2) is 5.82 Å². The summed E-state index contributed by atoms with van der Waals surface area (Å²) in [6.45, 7) is 2.55. The van der Waals surface area contributed by atoms with Crippen LogP contribution in [0.5, 0.6) is 0 Å². The van der Waals surface area contributed by atoms with Crippen molar-refractivity contribution in [3.8, 4) is 11.4 Å². The lowest BCUT2D eigenvalue weighted by Crippen LogP contribution is -2.62. The number of hydrogen-bond donors (Lipinski definition) is 5. The second kappa shape index (κ2) is 10.3. The molecule has 0 amide bonds. The van der Waals surface area contributed by atoms with Crippen molar-refractivity contribution >= 4 is 5.69 Å². The Kier molecular flexibility index (Phi) is 7.21. The summed E-state index contributed by atoms with van der Waals surface area (Å²) in [6.07, 6.45) is 3.10. The fourth-order valence-corrected chi connectivity index (χ4v) is 3.98. The lowest BCUT2D eigenvalue weighted by molar-refractivity contribution is -0.147. The Bertz CT molecular complexity index is 1050. The van der Waals surface area contributed by atoms with Crippen molar-refractivity contribution in [2.75, 3.05) is 18.5 Å². The molecule has 1 fully saturated rings. The van der Waals surface area contributed by atoms with Crippen molar-refractivity contribution in [3.63, 3.8) is 0 Å². The van der Waals surface area contributed by atoms with Crippen molar-refractivity contribution in [3.05, 3.63) is 66.0 Å². The molecule has 0 spiro atoms. The molecule has 1 saturated heterocycles. The van der Waals surface area contributed by atoms with Crippen LogP contribution in [0.4, 0.5) is 5.69 Å². The van der Waals surface area contributed by atoms with Crippen LogP contribution in [0.1, 0.15) is 17.0 Å². The van der Waals surface area contributed by atoms with E-state index >= 15 is 0 Å². The molecular weight excluding hydrogens is 424 g/mol. The van der Waals surface area contributed by atoms with Crippen LogP contribution < -0.4 is 5.32 Å². The van der Waals surface area contributed by atoms with Gasteiger partial charge in [-0.15, -0.1) is 0 Å². The van der Waals surface area contributed by atoms with Crippen LogP contribution in [-0.2, 0) is 13.1 Å². The minimum Gasteiger partial charge on any atom is -0.395 e. The summed E-state index contributed by atoms with van der Waals surface area (Å²) in [5, 5.41) is 42.9. The molecule has 2 aromatic heterocycles. The Morgan fingerprint density at radius 3 is 2.39 bits per heavy atom. The molecule has 3 heterocycles. The van der Waals surface area contributed by atoms with Gasteiger partial charge in [0.1, 0.15) is 12.2 Å². The highest BCUT2D eigenvalue weighted by Crippen LogP contribution is 2.23. The van der Waals surface area contributed by atoms with Gasteiger partial charge in [-0.25, -0.2) is 9.97 Å². The topological polar surface area (TPSA) is 148 Å². The lowest BCUT2D eigenvalue weighted by atomic mass is 9.94. The van der Waals surface area contributed by atoms with Crippen molar-refractivity contribution in [1.29, 1.82) is 0 Å². The zero-order chi connectivity index (χ0) is 23.4. The molecule has 10 heteroatoms. The average Bonchev–Trinajstić information content (AvgIpc) is 2.83. The van der Waals surface area contributed by atoms with Crippen molar-refractivity contribution in [1.82, 2.24) is 24.8 Å². The molecule has 4 atom stereocenters. The van der Waals surface area contributed by atoms with E-state index in [0.717, 1.165) is 22.5 Å². The van der Waals surface area contributed by atoms with Gasteiger partial charge in [0.2, 0.25) is 0 Å². The molecule has 0 bridgehead atoms. The zero-order valence-corrected chi connectivity index (χ0v) is 18.3. The summed E-state index contributed by atoms with van der Waals surface area (Å²) in [4.78, 5) is 19.2. The quantitative estimate of drug-likeness (QED) is 0.335. The van der Waals surface area contributed by atoms with Gasteiger partial charge in [0, 0.05) is 36.7 Å². The molecule has 33 heavy (non-hydrogen) atoms. The summed E-state index contributed by atoms with van der Waals surface area (Å²) in [7, 11) is 0. The van der Waals surface area contributed by atoms with Gasteiger partial charge in [0.25, 0.3) is 0 Å². The zero-order valence-electron chi connectivity index (χ0n) is 18.3. The summed E-state index contributed by atoms with van der Waals surface area (Å²) in [5.74, 6) is 0.662. The van der Waals surface area contributed by atoms with Crippen molar-refractivity contribution in [2.24, 2.45) is 0 Å². The summed E-state index contributed by atoms with van der Waals surface area (Å²) in [5.41, 5.74) is 4.30. The lowest BCUT2D eigenvalue weighted by Gasteiger charge is -2.42. The Morgan fingerprint density at radius 1 is 0.970 bits per heavy atom.